The quantitative estimate of drug-likeness (QED) is 0.898. The number of hydrogen-bond donors (Lipinski definition) is 1. The highest BCUT2D eigenvalue weighted by molar-refractivity contribution is 6.33. The van der Waals surface area contributed by atoms with Crippen LogP contribution in [0.4, 0.5) is 10.2 Å². The average molecular weight is 267 g/mol. The second kappa shape index (κ2) is 3.99. The van der Waals surface area contributed by atoms with Gasteiger partial charge in [-0.2, -0.15) is 0 Å². The van der Waals surface area contributed by atoms with E-state index in [1.54, 1.807) is 6.07 Å². The van der Waals surface area contributed by atoms with E-state index in [0.29, 0.717) is 33.8 Å². The minimum absolute atomic E-state index is 0.303. The third kappa shape index (κ3) is 1.77. The van der Waals surface area contributed by atoms with Crippen LogP contribution in [0.5, 0.6) is 0 Å². The van der Waals surface area contributed by atoms with Gasteiger partial charge in [0.25, 0.3) is 0 Å². The fourth-order valence-electron chi connectivity index (χ4n) is 2.22. The van der Waals surface area contributed by atoms with Gasteiger partial charge in [0.2, 0.25) is 0 Å². The predicted octanol–water partition coefficient (Wildman–Crippen LogP) is 3.84. The molecule has 1 aliphatic carbocycles. The number of nitrogens with two attached hydrogens (primary N) is 1. The number of hydrogen-bond acceptors (Lipinski definition) is 3. The molecule has 1 heterocycles. The smallest absolute Gasteiger partial charge is 0.175 e. The van der Waals surface area contributed by atoms with Gasteiger partial charge in [-0.15, -0.1) is 0 Å². The number of rotatable bonds is 2. The van der Waals surface area contributed by atoms with Crippen molar-refractivity contribution in [3.05, 3.63) is 34.8 Å². The van der Waals surface area contributed by atoms with Crippen LogP contribution in [0.2, 0.25) is 5.02 Å². The molecule has 0 radical (unpaired) electrons. The molecule has 3 rings (SSSR count). The van der Waals surface area contributed by atoms with Crippen molar-refractivity contribution in [1.82, 2.24) is 5.16 Å². The minimum atomic E-state index is -0.375. The number of anilines is 1. The number of aromatic nitrogens is 1. The SMILES string of the molecule is CC1CC1c1onc(N)c1-c1ccc(F)cc1Cl. The summed E-state index contributed by atoms with van der Waals surface area (Å²) >= 11 is 6.06. The van der Waals surface area contributed by atoms with Gasteiger partial charge in [0, 0.05) is 11.5 Å². The van der Waals surface area contributed by atoms with Gasteiger partial charge in [-0.1, -0.05) is 23.7 Å². The zero-order chi connectivity index (χ0) is 12.9. The zero-order valence-corrected chi connectivity index (χ0v) is 10.5. The average Bonchev–Trinajstić information content (AvgIpc) is 2.91. The Kier molecular flexibility index (Phi) is 2.55. The molecule has 1 aromatic carbocycles. The van der Waals surface area contributed by atoms with Crippen molar-refractivity contribution in [1.29, 1.82) is 0 Å². The first-order chi connectivity index (χ1) is 8.58. The van der Waals surface area contributed by atoms with Crippen LogP contribution in [0.3, 0.4) is 0 Å². The predicted molar refractivity (Wildman–Crippen MR) is 67.8 cm³/mol. The summed E-state index contributed by atoms with van der Waals surface area (Å²) in [5.41, 5.74) is 7.21. The zero-order valence-electron chi connectivity index (χ0n) is 9.78. The molecule has 94 valence electrons. The summed E-state index contributed by atoms with van der Waals surface area (Å²) in [6.45, 7) is 2.14. The van der Waals surface area contributed by atoms with Gasteiger partial charge in [-0.25, -0.2) is 4.39 Å². The number of halogens is 2. The molecule has 0 spiro atoms. The van der Waals surface area contributed by atoms with Gasteiger partial charge in [0.15, 0.2) is 5.82 Å². The molecule has 1 saturated carbocycles. The maximum atomic E-state index is 13.1. The van der Waals surface area contributed by atoms with E-state index in [-0.39, 0.29) is 5.82 Å². The van der Waals surface area contributed by atoms with Crippen molar-refractivity contribution in [2.75, 3.05) is 5.73 Å². The highest BCUT2D eigenvalue weighted by Crippen LogP contribution is 2.51. The number of nitrogens with zero attached hydrogens (tertiary/aromatic N) is 1. The third-order valence-corrected chi connectivity index (χ3v) is 3.70. The summed E-state index contributed by atoms with van der Waals surface area (Å²) in [7, 11) is 0. The van der Waals surface area contributed by atoms with E-state index in [2.05, 4.69) is 12.1 Å². The van der Waals surface area contributed by atoms with Crippen molar-refractivity contribution >= 4 is 17.4 Å². The summed E-state index contributed by atoms with van der Waals surface area (Å²) in [5.74, 6) is 1.59. The van der Waals surface area contributed by atoms with Crippen LogP contribution >= 0.6 is 11.6 Å². The Balaban J connectivity index is 2.13. The number of benzene rings is 1. The summed E-state index contributed by atoms with van der Waals surface area (Å²) in [6.07, 6.45) is 1.06. The molecule has 1 aromatic heterocycles. The lowest BCUT2D eigenvalue weighted by molar-refractivity contribution is 0.384. The van der Waals surface area contributed by atoms with E-state index in [1.807, 2.05) is 0 Å². The molecule has 2 atom stereocenters. The van der Waals surface area contributed by atoms with Crippen LogP contribution in [0, 0.1) is 11.7 Å². The van der Waals surface area contributed by atoms with E-state index in [0.717, 1.165) is 12.2 Å². The maximum Gasteiger partial charge on any atom is 0.175 e. The van der Waals surface area contributed by atoms with Crippen molar-refractivity contribution in [2.45, 2.75) is 19.3 Å². The van der Waals surface area contributed by atoms with Crippen molar-refractivity contribution < 1.29 is 8.91 Å². The molecule has 0 saturated heterocycles. The summed E-state index contributed by atoms with van der Waals surface area (Å²) in [5, 5.41) is 4.12. The summed E-state index contributed by atoms with van der Waals surface area (Å²) < 4.78 is 18.4. The lowest BCUT2D eigenvalue weighted by Gasteiger charge is -2.04. The van der Waals surface area contributed by atoms with Crippen LogP contribution in [0.15, 0.2) is 22.7 Å². The van der Waals surface area contributed by atoms with E-state index in [9.17, 15) is 4.39 Å². The van der Waals surface area contributed by atoms with E-state index < -0.39 is 0 Å². The Morgan fingerprint density at radius 3 is 2.83 bits per heavy atom. The largest absolute Gasteiger partial charge is 0.380 e. The Hall–Kier alpha value is -1.55. The molecule has 3 nitrogen and oxygen atoms in total. The Morgan fingerprint density at radius 2 is 2.22 bits per heavy atom. The molecule has 0 bridgehead atoms. The van der Waals surface area contributed by atoms with Crippen LogP contribution in [0.25, 0.3) is 11.1 Å². The van der Waals surface area contributed by atoms with Gasteiger partial charge in [-0.3, -0.25) is 0 Å². The molecule has 2 unspecified atom stereocenters. The highest BCUT2D eigenvalue weighted by Gasteiger charge is 2.40. The molecule has 2 N–H and O–H groups in total. The molecular formula is C13H12ClFN2O. The Labute approximate surface area is 109 Å². The van der Waals surface area contributed by atoms with Gasteiger partial charge in [0.1, 0.15) is 11.6 Å². The van der Waals surface area contributed by atoms with E-state index in [1.165, 1.54) is 12.1 Å². The second-order valence-corrected chi connectivity index (χ2v) is 5.16. The normalized spacial score (nSPS) is 22.2. The van der Waals surface area contributed by atoms with Gasteiger partial charge >= 0.3 is 0 Å². The lowest BCUT2D eigenvalue weighted by Crippen LogP contribution is -1.91. The molecular weight excluding hydrogens is 255 g/mol. The van der Waals surface area contributed by atoms with Crippen LogP contribution in [0.1, 0.15) is 25.0 Å². The monoisotopic (exact) mass is 266 g/mol. The van der Waals surface area contributed by atoms with Gasteiger partial charge in [-0.05, 0) is 30.5 Å². The van der Waals surface area contributed by atoms with Crippen LogP contribution in [-0.2, 0) is 0 Å². The Bertz CT molecular complexity index is 611. The molecule has 0 amide bonds. The lowest BCUT2D eigenvalue weighted by atomic mass is 10.0. The molecule has 0 aliphatic heterocycles. The van der Waals surface area contributed by atoms with Gasteiger partial charge < -0.3 is 10.3 Å². The van der Waals surface area contributed by atoms with Crippen molar-refractivity contribution in [3.8, 4) is 11.1 Å². The second-order valence-electron chi connectivity index (χ2n) is 4.75. The number of nitrogen functional groups attached to an aromatic ring is 1. The van der Waals surface area contributed by atoms with Crippen molar-refractivity contribution in [3.63, 3.8) is 0 Å². The van der Waals surface area contributed by atoms with E-state index >= 15 is 0 Å². The molecule has 18 heavy (non-hydrogen) atoms. The topological polar surface area (TPSA) is 52.0 Å². The fraction of sp³-hybridized carbons (Fsp3) is 0.308. The minimum Gasteiger partial charge on any atom is -0.380 e. The first-order valence-electron chi connectivity index (χ1n) is 5.78. The molecule has 2 aromatic rings. The molecule has 1 aliphatic rings. The van der Waals surface area contributed by atoms with Crippen LogP contribution < -0.4 is 5.73 Å². The first kappa shape index (κ1) is 11.5. The standard InChI is InChI=1S/C13H12ClFN2O/c1-6-4-9(6)12-11(13(16)17-18-12)8-3-2-7(15)5-10(8)14/h2-3,5-6,9H,4H2,1H3,(H2,16,17). The first-order valence-corrected chi connectivity index (χ1v) is 6.16. The molecule has 1 fully saturated rings. The third-order valence-electron chi connectivity index (χ3n) is 3.39. The van der Waals surface area contributed by atoms with Crippen molar-refractivity contribution in [2.24, 2.45) is 5.92 Å². The Morgan fingerprint density at radius 1 is 1.50 bits per heavy atom. The highest BCUT2D eigenvalue weighted by atomic mass is 35.5. The van der Waals surface area contributed by atoms with Gasteiger partial charge in [0.05, 0.1) is 10.6 Å². The maximum absolute atomic E-state index is 13.1. The summed E-state index contributed by atoms with van der Waals surface area (Å²) in [6, 6.07) is 4.23. The fourth-order valence-corrected chi connectivity index (χ4v) is 2.48. The summed E-state index contributed by atoms with van der Waals surface area (Å²) in [4.78, 5) is 0. The van der Waals surface area contributed by atoms with Crippen LogP contribution in [-0.4, -0.2) is 5.16 Å². The van der Waals surface area contributed by atoms with E-state index in [4.69, 9.17) is 21.9 Å². The molecule has 5 heteroatoms.